The predicted octanol–water partition coefficient (Wildman–Crippen LogP) is 5.05. The van der Waals surface area contributed by atoms with E-state index in [1.54, 1.807) is 0 Å². The molecule has 1 N–H and O–H groups in total. The molecule has 0 spiro atoms. The number of benzene rings is 1. The largest absolute Gasteiger partial charge is 0.347 e. The summed E-state index contributed by atoms with van der Waals surface area (Å²) in [6, 6.07) is 7.84. The summed E-state index contributed by atoms with van der Waals surface area (Å²) in [5.41, 5.74) is 3.10. The molecular weight excluding hydrogens is 258 g/mol. The van der Waals surface area contributed by atoms with Crippen LogP contribution < -0.4 is 5.32 Å². The van der Waals surface area contributed by atoms with Crippen molar-refractivity contribution in [1.29, 1.82) is 0 Å². The number of nitrogens with one attached hydrogen (secondary N) is 1. The molecule has 2 heteroatoms. The molecule has 2 nitrogen and oxygen atoms in total. The lowest BCUT2D eigenvalue weighted by atomic mass is 9.91. The first-order valence-corrected chi connectivity index (χ1v) is 7.66. The van der Waals surface area contributed by atoms with Gasteiger partial charge in [0.25, 0.3) is 5.91 Å². The Morgan fingerprint density at radius 1 is 1.05 bits per heavy atom. The fraction of sp³-hybridized carbons (Fsp3) is 0.526. The van der Waals surface area contributed by atoms with E-state index in [-0.39, 0.29) is 16.9 Å². The highest BCUT2D eigenvalue weighted by molar-refractivity contribution is 5.95. The Hall–Kier alpha value is -1.57. The first-order valence-electron chi connectivity index (χ1n) is 7.66. The van der Waals surface area contributed by atoms with Gasteiger partial charge in [-0.25, -0.2) is 0 Å². The van der Waals surface area contributed by atoms with Crippen LogP contribution in [0.4, 0.5) is 0 Å². The molecule has 0 aliphatic heterocycles. The van der Waals surface area contributed by atoms with Crippen LogP contribution in [0.2, 0.25) is 0 Å². The van der Waals surface area contributed by atoms with Gasteiger partial charge in [0.05, 0.1) is 0 Å². The minimum absolute atomic E-state index is 0.00847. The standard InChI is InChI=1S/C19H29NO/c1-8-19(6,7)20-17(21)16-11-9-15(10-12-16)14(2)13-18(3,4)5/h9-13H,8H2,1-7H3,(H,20,21). The van der Waals surface area contributed by atoms with Crippen molar-refractivity contribution in [2.24, 2.45) is 5.41 Å². The molecule has 0 unspecified atom stereocenters. The highest BCUT2D eigenvalue weighted by Gasteiger charge is 2.18. The quantitative estimate of drug-likeness (QED) is 0.824. The Morgan fingerprint density at radius 2 is 1.52 bits per heavy atom. The average Bonchev–Trinajstić information content (AvgIpc) is 2.36. The van der Waals surface area contributed by atoms with E-state index in [0.717, 1.165) is 12.0 Å². The zero-order chi connectivity index (χ0) is 16.3. The van der Waals surface area contributed by atoms with Crippen LogP contribution in [-0.2, 0) is 0 Å². The molecule has 0 saturated heterocycles. The molecule has 0 saturated carbocycles. The monoisotopic (exact) mass is 287 g/mol. The molecule has 0 bridgehead atoms. The van der Waals surface area contributed by atoms with Crippen LogP contribution in [0.5, 0.6) is 0 Å². The third-order valence-electron chi connectivity index (χ3n) is 3.59. The average molecular weight is 287 g/mol. The summed E-state index contributed by atoms with van der Waals surface area (Å²) >= 11 is 0. The van der Waals surface area contributed by atoms with E-state index in [4.69, 9.17) is 0 Å². The van der Waals surface area contributed by atoms with Crippen LogP contribution in [-0.4, -0.2) is 11.4 Å². The van der Waals surface area contributed by atoms with Gasteiger partial charge < -0.3 is 5.32 Å². The van der Waals surface area contributed by atoms with Gasteiger partial charge in [0.2, 0.25) is 0 Å². The fourth-order valence-electron chi connectivity index (χ4n) is 2.09. The van der Waals surface area contributed by atoms with Gasteiger partial charge in [0.1, 0.15) is 0 Å². The SMILES string of the molecule is CCC(C)(C)NC(=O)c1ccc(C(C)=CC(C)(C)C)cc1. The van der Waals surface area contributed by atoms with Crippen molar-refractivity contribution in [3.8, 4) is 0 Å². The Morgan fingerprint density at radius 3 is 1.95 bits per heavy atom. The Labute approximate surface area is 129 Å². The van der Waals surface area contributed by atoms with Gasteiger partial charge in [0.15, 0.2) is 0 Å². The smallest absolute Gasteiger partial charge is 0.251 e. The Kier molecular flexibility index (Phi) is 5.38. The van der Waals surface area contributed by atoms with Crippen molar-refractivity contribution in [3.05, 3.63) is 41.5 Å². The van der Waals surface area contributed by atoms with E-state index in [0.29, 0.717) is 5.56 Å². The van der Waals surface area contributed by atoms with E-state index in [1.165, 1.54) is 5.57 Å². The molecule has 21 heavy (non-hydrogen) atoms. The van der Waals surface area contributed by atoms with Gasteiger partial charge in [-0.1, -0.05) is 45.9 Å². The molecule has 0 fully saturated rings. The third kappa shape index (κ3) is 5.74. The van der Waals surface area contributed by atoms with E-state index < -0.39 is 0 Å². The highest BCUT2D eigenvalue weighted by Crippen LogP contribution is 2.23. The molecule has 0 atom stereocenters. The number of carbonyl (C=O) groups is 1. The second-order valence-corrected chi connectivity index (χ2v) is 7.46. The summed E-state index contributed by atoms with van der Waals surface area (Å²) in [5, 5.41) is 3.06. The minimum atomic E-state index is -0.169. The van der Waals surface area contributed by atoms with Gasteiger partial charge >= 0.3 is 0 Å². The zero-order valence-electron chi connectivity index (χ0n) is 14.5. The predicted molar refractivity (Wildman–Crippen MR) is 91.4 cm³/mol. The maximum atomic E-state index is 12.2. The van der Waals surface area contributed by atoms with Gasteiger partial charge in [-0.2, -0.15) is 0 Å². The van der Waals surface area contributed by atoms with E-state index in [2.05, 4.69) is 46.0 Å². The lowest BCUT2D eigenvalue weighted by molar-refractivity contribution is 0.0911. The summed E-state index contributed by atoms with van der Waals surface area (Å²) in [6.45, 7) is 14.8. The number of rotatable bonds is 4. The van der Waals surface area contributed by atoms with Crippen LogP contribution in [0.25, 0.3) is 5.57 Å². The molecule has 1 rings (SSSR count). The number of amides is 1. The molecule has 1 aromatic carbocycles. The molecule has 116 valence electrons. The van der Waals surface area contributed by atoms with Gasteiger partial charge in [-0.05, 0) is 55.9 Å². The third-order valence-corrected chi connectivity index (χ3v) is 3.59. The highest BCUT2D eigenvalue weighted by atomic mass is 16.1. The summed E-state index contributed by atoms with van der Waals surface area (Å²) in [5.74, 6) is -0.00847. The first kappa shape index (κ1) is 17.5. The number of hydrogen-bond donors (Lipinski definition) is 1. The van der Waals surface area contributed by atoms with Crippen LogP contribution >= 0.6 is 0 Å². The molecular formula is C19H29NO. The summed E-state index contributed by atoms with van der Waals surface area (Å²) in [7, 11) is 0. The van der Waals surface area contributed by atoms with Crippen molar-refractivity contribution in [2.45, 2.75) is 60.4 Å². The van der Waals surface area contributed by atoms with E-state index in [9.17, 15) is 4.79 Å². The van der Waals surface area contributed by atoms with Crippen LogP contribution in [0.15, 0.2) is 30.3 Å². The molecule has 0 heterocycles. The van der Waals surface area contributed by atoms with Crippen LogP contribution in [0.1, 0.15) is 70.8 Å². The maximum Gasteiger partial charge on any atom is 0.251 e. The lowest BCUT2D eigenvalue weighted by Gasteiger charge is -2.24. The molecule has 1 aromatic rings. The van der Waals surface area contributed by atoms with Crippen LogP contribution in [0, 0.1) is 5.41 Å². The molecule has 0 aromatic heterocycles. The van der Waals surface area contributed by atoms with E-state index >= 15 is 0 Å². The maximum absolute atomic E-state index is 12.2. The molecule has 1 amide bonds. The Balaban J connectivity index is 2.88. The minimum Gasteiger partial charge on any atom is -0.347 e. The molecule has 0 aliphatic carbocycles. The van der Waals surface area contributed by atoms with Crippen LogP contribution in [0.3, 0.4) is 0 Å². The van der Waals surface area contributed by atoms with Gasteiger partial charge in [-0.15, -0.1) is 0 Å². The summed E-state index contributed by atoms with van der Waals surface area (Å²) in [6.07, 6.45) is 3.16. The number of hydrogen-bond acceptors (Lipinski definition) is 1. The second-order valence-electron chi connectivity index (χ2n) is 7.46. The van der Waals surface area contributed by atoms with Gasteiger partial charge in [0, 0.05) is 11.1 Å². The topological polar surface area (TPSA) is 29.1 Å². The normalized spacial score (nSPS) is 13.2. The number of allylic oxidation sites excluding steroid dienone is 2. The summed E-state index contributed by atoms with van der Waals surface area (Å²) in [4.78, 5) is 12.2. The first-order chi connectivity index (χ1) is 9.54. The lowest BCUT2D eigenvalue weighted by Crippen LogP contribution is -2.42. The van der Waals surface area contributed by atoms with E-state index in [1.807, 2.05) is 38.1 Å². The fourth-order valence-corrected chi connectivity index (χ4v) is 2.09. The second kappa shape index (κ2) is 6.46. The summed E-state index contributed by atoms with van der Waals surface area (Å²) < 4.78 is 0. The van der Waals surface area contributed by atoms with Gasteiger partial charge in [-0.3, -0.25) is 4.79 Å². The van der Waals surface area contributed by atoms with Crippen molar-refractivity contribution in [1.82, 2.24) is 5.32 Å². The van der Waals surface area contributed by atoms with Crippen molar-refractivity contribution in [3.63, 3.8) is 0 Å². The number of carbonyl (C=O) groups excluding carboxylic acids is 1. The Bertz CT molecular complexity index is 515. The molecule has 0 radical (unpaired) electrons. The van der Waals surface area contributed by atoms with Crippen molar-refractivity contribution in [2.75, 3.05) is 0 Å². The zero-order valence-corrected chi connectivity index (χ0v) is 14.5. The van der Waals surface area contributed by atoms with Crippen molar-refractivity contribution < 1.29 is 4.79 Å². The van der Waals surface area contributed by atoms with Crippen molar-refractivity contribution >= 4 is 11.5 Å². The molecule has 0 aliphatic rings.